The van der Waals surface area contributed by atoms with Gasteiger partial charge in [-0.25, -0.2) is 18.2 Å². The highest BCUT2D eigenvalue weighted by Gasteiger charge is 2.29. The number of hydrogen-bond acceptors (Lipinski definition) is 6. The van der Waals surface area contributed by atoms with Crippen LogP contribution < -0.4 is 5.32 Å². The standard InChI is InChI=1S/C15H16ClN3O4S2/c1-8-13(9-3-4-11(16)12(5-9)25(2,22)23)24-14(17-8)18-15(21)19-6-10(20)7-19/h3-5,10,20H,6-7H2,1-2H3,(H,17,18,21). The predicted octanol–water partition coefficient (Wildman–Crippen LogP) is 2.38. The van der Waals surface area contributed by atoms with Crippen molar-refractivity contribution < 1.29 is 18.3 Å². The number of carbonyl (C=O) groups is 1. The van der Waals surface area contributed by atoms with Gasteiger partial charge in [0.25, 0.3) is 0 Å². The minimum absolute atomic E-state index is 0.0552. The van der Waals surface area contributed by atoms with Crippen LogP contribution in [-0.2, 0) is 9.84 Å². The molecule has 134 valence electrons. The third-order valence-electron chi connectivity index (χ3n) is 3.75. The number of nitrogens with zero attached hydrogens (tertiary/aromatic N) is 2. The number of carbonyl (C=O) groups excluding carboxylic acids is 1. The van der Waals surface area contributed by atoms with E-state index in [1.807, 2.05) is 0 Å². The van der Waals surface area contributed by atoms with Crippen molar-refractivity contribution in [3.8, 4) is 10.4 Å². The molecule has 2 aromatic rings. The molecule has 0 spiro atoms. The molecule has 3 rings (SSSR count). The summed E-state index contributed by atoms with van der Waals surface area (Å²) in [5.41, 5.74) is 1.34. The van der Waals surface area contributed by atoms with Gasteiger partial charge in [0.2, 0.25) is 0 Å². The maximum atomic E-state index is 12.0. The lowest BCUT2D eigenvalue weighted by Gasteiger charge is -2.35. The van der Waals surface area contributed by atoms with Crippen LogP contribution in [0, 0.1) is 6.92 Å². The summed E-state index contributed by atoms with van der Waals surface area (Å²) in [5, 5.41) is 12.5. The third-order valence-corrected chi connectivity index (χ3v) is 6.45. The van der Waals surface area contributed by atoms with Gasteiger partial charge in [-0.3, -0.25) is 5.32 Å². The number of aromatic nitrogens is 1. The molecule has 0 radical (unpaired) electrons. The molecule has 1 fully saturated rings. The Morgan fingerprint density at radius 3 is 2.72 bits per heavy atom. The molecule has 1 aliphatic rings. The molecule has 1 aromatic carbocycles. The highest BCUT2D eigenvalue weighted by molar-refractivity contribution is 7.90. The van der Waals surface area contributed by atoms with Crippen molar-refractivity contribution in [2.45, 2.75) is 17.9 Å². The molecule has 2 amide bonds. The zero-order valence-corrected chi connectivity index (χ0v) is 15.9. The Balaban J connectivity index is 1.87. The minimum atomic E-state index is -3.45. The molecular weight excluding hydrogens is 386 g/mol. The van der Waals surface area contributed by atoms with Crippen molar-refractivity contribution in [2.75, 3.05) is 24.7 Å². The molecule has 0 unspecified atom stereocenters. The van der Waals surface area contributed by atoms with Crippen molar-refractivity contribution in [1.82, 2.24) is 9.88 Å². The van der Waals surface area contributed by atoms with E-state index in [9.17, 15) is 18.3 Å². The summed E-state index contributed by atoms with van der Waals surface area (Å²) in [7, 11) is -3.45. The van der Waals surface area contributed by atoms with Crippen LogP contribution in [0.1, 0.15) is 5.69 Å². The maximum Gasteiger partial charge on any atom is 0.323 e. The second-order valence-electron chi connectivity index (χ2n) is 5.84. The van der Waals surface area contributed by atoms with Gasteiger partial charge in [0.1, 0.15) is 0 Å². The van der Waals surface area contributed by atoms with Crippen molar-refractivity contribution >= 4 is 43.9 Å². The van der Waals surface area contributed by atoms with Crippen LogP contribution in [0.4, 0.5) is 9.93 Å². The first-order valence-electron chi connectivity index (χ1n) is 7.36. The summed E-state index contributed by atoms with van der Waals surface area (Å²) in [6.45, 7) is 2.39. The van der Waals surface area contributed by atoms with Crippen LogP contribution in [0.25, 0.3) is 10.4 Å². The van der Waals surface area contributed by atoms with Crippen LogP contribution in [0.5, 0.6) is 0 Å². The fourth-order valence-corrected chi connectivity index (χ4v) is 4.69. The number of halogens is 1. The first-order chi connectivity index (χ1) is 11.6. The van der Waals surface area contributed by atoms with E-state index in [-0.39, 0.29) is 15.9 Å². The molecule has 7 nitrogen and oxygen atoms in total. The van der Waals surface area contributed by atoms with E-state index in [1.54, 1.807) is 13.0 Å². The number of aliphatic hydroxyl groups is 1. The normalized spacial score (nSPS) is 15.1. The predicted molar refractivity (Wildman–Crippen MR) is 97.0 cm³/mol. The van der Waals surface area contributed by atoms with E-state index in [4.69, 9.17) is 11.6 Å². The Labute approximate surface area is 154 Å². The molecule has 0 bridgehead atoms. The SMILES string of the molecule is Cc1nc(NC(=O)N2CC(O)C2)sc1-c1ccc(Cl)c(S(C)(=O)=O)c1. The van der Waals surface area contributed by atoms with Gasteiger partial charge < -0.3 is 10.0 Å². The first kappa shape index (κ1) is 18.1. The molecule has 1 aromatic heterocycles. The number of amides is 2. The number of nitrogens with one attached hydrogen (secondary N) is 1. The fourth-order valence-electron chi connectivity index (χ4n) is 2.44. The first-order valence-corrected chi connectivity index (χ1v) is 10.4. The highest BCUT2D eigenvalue weighted by atomic mass is 35.5. The average Bonchev–Trinajstić information content (AvgIpc) is 2.83. The molecule has 2 heterocycles. The van der Waals surface area contributed by atoms with Gasteiger partial charge in [0.15, 0.2) is 15.0 Å². The van der Waals surface area contributed by atoms with Gasteiger partial charge in [-0.15, -0.1) is 0 Å². The zero-order valence-electron chi connectivity index (χ0n) is 13.5. The molecule has 25 heavy (non-hydrogen) atoms. The topological polar surface area (TPSA) is 99.6 Å². The van der Waals surface area contributed by atoms with Crippen molar-refractivity contribution in [3.63, 3.8) is 0 Å². The Bertz CT molecular complexity index is 936. The number of rotatable bonds is 3. The number of benzene rings is 1. The third kappa shape index (κ3) is 3.79. The lowest BCUT2D eigenvalue weighted by molar-refractivity contribution is 0.0309. The highest BCUT2D eigenvalue weighted by Crippen LogP contribution is 2.35. The van der Waals surface area contributed by atoms with Crippen LogP contribution in [-0.4, -0.2) is 54.9 Å². The number of aliphatic hydroxyl groups excluding tert-OH is 1. The van der Waals surface area contributed by atoms with E-state index in [2.05, 4.69) is 10.3 Å². The summed E-state index contributed by atoms with van der Waals surface area (Å²) in [4.78, 5) is 18.6. The number of β-amino-alcohol motifs (C(OH)–C–C–N with tert-alkyl or cyclic N) is 1. The number of urea groups is 1. The molecule has 0 saturated carbocycles. The number of sulfone groups is 1. The monoisotopic (exact) mass is 401 g/mol. The number of hydrogen-bond donors (Lipinski definition) is 2. The van der Waals surface area contributed by atoms with Gasteiger partial charge in [-0.1, -0.05) is 29.0 Å². The molecule has 10 heteroatoms. The summed E-state index contributed by atoms with van der Waals surface area (Å²) >= 11 is 7.23. The number of likely N-dealkylation sites (tertiary alicyclic amines) is 1. The van der Waals surface area contributed by atoms with E-state index >= 15 is 0 Å². The van der Waals surface area contributed by atoms with Gasteiger partial charge in [0.05, 0.1) is 39.7 Å². The Kier molecular flexibility index (Phi) is 4.76. The van der Waals surface area contributed by atoms with E-state index in [0.29, 0.717) is 29.5 Å². The Morgan fingerprint density at radius 2 is 2.12 bits per heavy atom. The lowest BCUT2D eigenvalue weighted by Crippen LogP contribution is -2.54. The van der Waals surface area contributed by atoms with E-state index in [1.165, 1.54) is 28.4 Å². The van der Waals surface area contributed by atoms with Crippen LogP contribution in [0.3, 0.4) is 0 Å². The fraction of sp³-hybridized carbons (Fsp3) is 0.333. The summed E-state index contributed by atoms with van der Waals surface area (Å²) < 4.78 is 23.7. The Hall–Kier alpha value is -1.68. The van der Waals surface area contributed by atoms with E-state index in [0.717, 1.165) is 11.1 Å². The average molecular weight is 402 g/mol. The maximum absolute atomic E-state index is 12.0. The summed E-state index contributed by atoms with van der Waals surface area (Å²) in [5.74, 6) is 0. The molecular formula is C15H16ClN3O4S2. The van der Waals surface area contributed by atoms with Crippen LogP contribution >= 0.6 is 22.9 Å². The molecule has 1 aliphatic heterocycles. The van der Waals surface area contributed by atoms with Crippen molar-refractivity contribution in [1.29, 1.82) is 0 Å². The van der Waals surface area contributed by atoms with Gasteiger partial charge in [-0.05, 0) is 24.6 Å². The lowest BCUT2D eigenvalue weighted by atomic mass is 10.2. The summed E-state index contributed by atoms with van der Waals surface area (Å²) in [6, 6.07) is 4.44. The molecule has 0 atom stereocenters. The van der Waals surface area contributed by atoms with Crippen LogP contribution in [0.15, 0.2) is 23.1 Å². The second kappa shape index (κ2) is 6.56. The largest absolute Gasteiger partial charge is 0.389 e. The second-order valence-corrected chi connectivity index (χ2v) is 9.23. The smallest absolute Gasteiger partial charge is 0.323 e. The number of thiazole rings is 1. The van der Waals surface area contributed by atoms with Gasteiger partial charge >= 0.3 is 6.03 Å². The summed E-state index contributed by atoms with van der Waals surface area (Å²) in [6.07, 6.45) is 0.632. The van der Waals surface area contributed by atoms with Gasteiger partial charge in [0, 0.05) is 6.26 Å². The quantitative estimate of drug-likeness (QED) is 0.822. The van der Waals surface area contributed by atoms with E-state index < -0.39 is 15.9 Å². The minimum Gasteiger partial charge on any atom is -0.389 e. The zero-order chi connectivity index (χ0) is 18.4. The Morgan fingerprint density at radius 1 is 1.44 bits per heavy atom. The molecule has 0 aliphatic carbocycles. The molecule has 2 N–H and O–H groups in total. The molecule has 1 saturated heterocycles. The van der Waals surface area contributed by atoms with Gasteiger partial charge in [-0.2, -0.15) is 0 Å². The van der Waals surface area contributed by atoms with Crippen molar-refractivity contribution in [3.05, 3.63) is 28.9 Å². The number of anilines is 1. The number of aryl methyl sites for hydroxylation is 1. The van der Waals surface area contributed by atoms with Crippen molar-refractivity contribution in [2.24, 2.45) is 0 Å². The van der Waals surface area contributed by atoms with Crippen LogP contribution in [0.2, 0.25) is 5.02 Å².